The predicted octanol–water partition coefficient (Wildman–Crippen LogP) is 4.75. The quantitative estimate of drug-likeness (QED) is 0.615. The van der Waals surface area contributed by atoms with E-state index in [4.69, 9.17) is 4.74 Å². The van der Waals surface area contributed by atoms with E-state index in [1.54, 1.807) is 31.4 Å². The number of ether oxygens (including phenoxy) is 1. The van der Waals surface area contributed by atoms with Crippen molar-refractivity contribution in [3.63, 3.8) is 0 Å². The molecule has 138 valence electrons. The summed E-state index contributed by atoms with van der Waals surface area (Å²) in [4.78, 5) is 20.8. The highest BCUT2D eigenvalue weighted by Gasteiger charge is 2.14. The van der Waals surface area contributed by atoms with Gasteiger partial charge in [0.25, 0.3) is 5.91 Å². The first-order valence-corrected chi connectivity index (χ1v) is 9.13. The summed E-state index contributed by atoms with van der Waals surface area (Å²) in [6.07, 6.45) is 1.68. The van der Waals surface area contributed by atoms with Gasteiger partial charge in [-0.2, -0.15) is 4.98 Å². The third-order valence-corrected chi connectivity index (χ3v) is 4.43. The monoisotopic (exact) mass is 426 g/mol. The molecule has 2 N–H and O–H groups in total. The molecule has 1 aromatic heterocycles. The molecule has 0 bridgehead atoms. The Morgan fingerprint density at radius 2 is 1.89 bits per heavy atom. The maximum atomic E-state index is 12.0. The first kappa shape index (κ1) is 18.8. The third kappa shape index (κ3) is 4.43. The molecule has 0 atom stereocenters. The second-order valence-corrected chi connectivity index (χ2v) is 6.86. The zero-order chi connectivity index (χ0) is 19.4. The summed E-state index contributed by atoms with van der Waals surface area (Å²) in [5.41, 5.74) is 3.16. The number of hydrogen-bond acceptors (Lipinski definition) is 5. The van der Waals surface area contributed by atoms with Crippen LogP contribution in [0, 0.1) is 13.8 Å². The van der Waals surface area contributed by atoms with Gasteiger partial charge in [-0.3, -0.25) is 4.79 Å². The zero-order valence-corrected chi connectivity index (χ0v) is 16.8. The lowest BCUT2D eigenvalue weighted by Crippen LogP contribution is -2.18. The molecule has 0 radical (unpaired) electrons. The molecule has 0 spiro atoms. The summed E-state index contributed by atoms with van der Waals surface area (Å²) in [6.45, 7) is 3.85. The van der Waals surface area contributed by atoms with Gasteiger partial charge in [0.05, 0.1) is 5.56 Å². The van der Waals surface area contributed by atoms with Crippen molar-refractivity contribution in [2.24, 2.45) is 0 Å². The van der Waals surface area contributed by atoms with Gasteiger partial charge in [-0.25, -0.2) is 4.98 Å². The molecule has 6 nitrogen and oxygen atoms in total. The average molecular weight is 427 g/mol. The van der Waals surface area contributed by atoms with Gasteiger partial charge in [-0.15, -0.1) is 0 Å². The fourth-order valence-corrected chi connectivity index (χ4v) is 2.78. The van der Waals surface area contributed by atoms with E-state index in [2.05, 4.69) is 36.5 Å². The van der Waals surface area contributed by atoms with Gasteiger partial charge in [0.2, 0.25) is 11.8 Å². The number of carbonyl (C=O) groups is 1. The van der Waals surface area contributed by atoms with Crippen LogP contribution in [0.2, 0.25) is 0 Å². The molecular formula is C20H19BrN4O2. The van der Waals surface area contributed by atoms with E-state index >= 15 is 0 Å². The summed E-state index contributed by atoms with van der Waals surface area (Å²) >= 11 is 3.46. The molecule has 27 heavy (non-hydrogen) atoms. The van der Waals surface area contributed by atoms with Crippen LogP contribution in [0.25, 0.3) is 0 Å². The van der Waals surface area contributed by atoms with Crippen molar-refractivity contribution in [1.29, 1.82) is 0 Å². The van der Waals surface area contributed by atoms with Crippen LogP contribution in [-0.2, 0) is 0 Å². The number of nitrogens with one attached hydrogen (secondary N) is 2. The number of benzene rings is 2. The third-order valence-electron chi connectivity index (χ3n) is 3.94. The number of halogens is 1. The normalized spacial score (nSPS) is 10.4. The van der Waals surface area contributed by atoms with E-state index < -0.39 is 0 Å². The molecule has 0 aliphatic carbocycles. The number of carbonyl (C=O) groups excluding carboxylic acids is 1. The van der Waals surface area contributed by atoms with Gasteiger partial charge in [-0.1, -0.05) is 34.1 Å². The Hall–Kier alpha value is -2.93. The van der Waals surface area contributed by atoms with Crippen molar-refractivity contribution < 1.29 is 9.53 Å². The van der Waals surface area contributed by atoms with Crippen LogP contribution in [0.1, 0.15) is 21.5 Å². The molecule has 0 saturated heterocycles. The van der Waals surface area contributed by atoms with Crippen LogP contribution in [0.3, 0.4) is 0 Å². The number of nitrogens with zero attached hydrogens (tertiary/aromatic N) is 2. The Bertz CT molecular complexity index is 991. The van der Waals surface area contributed by atoms with Crippen molar-refractivity contribution in [1.82, 2.24) is 15.3 Å². The van der Waals surface area contributed by atoms with Gasteiger partial charge in [0.1, 0.15) is 5.75 Å². The smallest absolute Gasteiger partial charge is 0.254 e. The molecule has 0 saturated carbocycles. The summed E-state index contributed by atoms with van der Waals surface area (Å²) < 4.78 is 6.89. The number of amides is 1. The summed E-state index contributed by atoms with van der Waals surface area (Å²) in [5.74, 6) is 1.01. The molecule has 0 aliphatic rings. The number of hydrogen-bond donors (Lipinski definition) is 2. The molecule has 0 unspecified atom stereocenters. The number of rotatable bonds is 5. The van der Waals surface area contributed by atoms with Crippen LogP contribution in [0.4, 0.5) is 11.6 Å². The van der Waals surface area contributed by atoms with Crippen molar-refractivity contribution in [3.8, 4) is 11.6 Å². The maximum Gasteiger partial charge on any atom is 0.254 e. The van der Waals surface area contributed by atoms with Crippen molar-refractivity contribution in [2.75, 3.05) is 12.4 Å². The van der Waals surface area contributed by atoms with Crippen molar-refractivity contribution in [2.45, 2.75) is 13.8 Å². The molecule has 1 amide bonds. The molecule has 0 aliphatic heterocycles. The lowest BCUT2D eigenvalue weighted by Gasteiger charge is -2.13. The molecular weight excluding hydrogens is 408 g/mol. The number of anilines is 2. The first-order valence-electron chi connectivity index (χ1n) is 8.33. The highest BCUT2D eigenvalue weighted by atomic mass is 79.9. The molecule has 7 heteroatoms. The average Bonchev–Trinajstić information content (AvgIpc) is 2.67. The number of aromatic nitrogens is 2. The van der Waals surface area contributed by atoms with E-state index in [-0.39, 0.29) is 5.91 Å². The summed E-state index contributed by atoms with van der Waals surface area (Å²) in [5, 5.41) is 5.81. The Morgan fingerprint density at radius 1 is 1.11 bits per heavy atom. The highest BCUT2D eigenvalue weighted by Crippen LogP contribution is 2.28. The zero-order valence-electron chi connectivity index (χ0n) is 15.2. The highest BCUT2D eigenvalue weighted by molar-refractivity contribution is 9.10. The standard InChI is InChI=1S/C20H19BrN4O2/c1-12-8-9-14(21)10-16(12)24-20-23-11-13(2)19(25-20)27-17-7-5-4-6-15(17)18(26)22-3/h4-11H,1-3H3,(H,22,26)(H,23,24,25). The minimum Gasteiger partial charge on any atom is -0.438 e. The minimum absolute atomic E-state index is 0.222. The predicted molar refractivity (Wildman–Crippen MR) is 109 cm³/mol. The maximum absolute atomic E-state index is 12.0. The summed E-state index contributed by atoms with van der Waals surface area (Å²) in [7, 11) is 1.58. The van der Waals surface area contributed by atoms with E-state index in [9.17, 15) is 4.79 Å². The molecule has 3 rings (SSSR count). The lowest BCUT2D eigenvalue weighted by atomic mass is 10.2. The largest absolute Gasteiger partial charge is 0.438 e. The SMILES string of the molecule is CNC(=O)c1ccccc1Oc1nc(Nc2cc(Br)ccc2C)ncc1C. The van der Waals surface area contributed by atoms with Crippen LogP contribution in [0.5, 0.6) is 11.6 Å². The van der Waals surface area contributed by atoms with Gasteiger partial charge >= 0.3 is 0 Å². The number of para-hydroxylation sites is 1. The Morgan fingerprint density at radius 3 is 2.67 bits per heavy atom. The van der Waals surface area contributed by atoms with Crippen molar-refractivity contribution >= 4 is 33.5 Å². The Kier molecular flexibility index (Phi) is 5.71. The van der Waals surface area contributed by atoms with Gasteiger partial charge in [0, 0.05) is 29.0 Å². The Labute approximate surface area is 166 Å². The molecule has 3 aromatic rings. The Balaban J connectivity index is 1.91. The van der Waals surface area contributed by atoms with E-state index in [1.165, 1.54) is 0 Å². The second kappa shape index (κ2) is 8.18. The molecule has 1 heterocycles. The minimum atomic E-state index is -0.222. The van der Waals surface area contributed by atoms with Gasteiger partial charge < -0.3 is 15.4 Å². The van der Waals surface area contributed by atoms with Gasteiger partial charge in [-0.05, 0) is 43.7 Å². The van der Waals surface area contributed by atoms with E-state index in [0.717, 1.165) is 21.3 Å². The summed E-state index contributed by atoms with van der Waals surface area (Å²) in [6, 6.07) is 13.0. The molecule has 2 aromatic carbocycles. The number of aryl methyl sites for hydroxylation is 2. The topological polar surface area (TPSA) is 76.1 Å². The first-order chi connectivity index (χ1) is 13.0. The van der Waals surface area contributed by atoms with E-state index in [1.807, 2.05) is 38.1 Å². The molecule has 0 fully saturated rings. The fraction of sp³-hybridized carbons (Fsp3) is 0.150. The van der Waals surface area contributed by atoms with Crippen molar-refractivity contribution in [3.05, 3.63) is 69.8 Å². The second-order valence-electron chi connectivity index (χ2n) is 5.94. The fourth-order valence-electron chi connectivity index (χ4n) is 2.42. The lowest BCUT2D eigenvalue weighted by molar-refractivity contribution is 0.0960. The van der Waals surface area contributed by atoms with Crippen LogP contribution < -0.4 is 15.4 Å². The van der Waals surface area contributed by atoms with Crippen LogP contribution in [0.15, 0.2) is 53.1 Å². The van der Waals surface area contributed by atoms with Crippen LogP contribution in [-0.4, -0.2) is 22.9 Å². The van der Waals surface area contributed by atoms with Gasteiger partial charge in [0.15, 0.2) is 0 Å². The van der Waals surface area contributed by atoms with Crippen LogP contribution >= 0.6 is 15.9 Å². The van der Waals surface area contributed by atoms with E-state index in [0.29, 0.717) is 23.1 Å².